The molecular formula is C11H23N3O5S. The van der Waals surface area contributed by atoms with E-state index in [1.165, 1.54) is 14.1 Å². The molecule has 0 aliphatic heterocycles. The summed E-state index contributed by atoms with van der Waals surface area (Å²) in [4.78, 5) is 22.6. The van der Waals surface area contributed by atoms with Crippen LogP contribution in [0.4, 0.5) is 4.79 Å². The Bertz CT molecular complexity index is 435. The quantitative estimate of drug-likeness (QED) is 0.568. The summed E-state index contributed by atoms with van der Waals surface area (Å²) in [5.41, 5.74) is 0. The normalized spacial score (nSPS) is 14.7. The molecule has 3 N–H and O–H groups in total. The highest BCUT2D eigenvalue weighted by atomic mass is 32.2. The molecule has 0 saturated carbocycles. The van der Waals surface area contributed by atoms with Gasteiger partial charge in [0.05, 0.1) is 5.75 Å². The molecule has 2 amide bonds. The molecule has 20 heavy (non-hydrogen) atoms. The second-order valence-electron chi connectivity index (χ2n) is 4.70. The molecule has 0 aliphatic rings. The third kappa shape index (κ3) is 6.20. The van der Waals surface area contributed by atoms with Crippen LogP contribution in [0.1, 0.15) is 20.3 Å². The summed E-state index contributed by atoms with van der Waals surface area (Å²) in [5.74, 6) is -1.58. The maximum atomic E-state index is 11.5. The predicted octanol–water partition coefficient (Wildman–Crippen LogP) is -0.324. The number of amides is 2. The van der Waals surface area contributed by atoms with Crippen LogP contribution in [0.25, 0.3) is 0 Å². The summed E-state index contributed by atoms with van der Waals surface area (Å²) in [5, 5.41) is 13.7. The molecule has 0 heterocycles. The van der Waals surface area contributed by atoms with Crippen LogP contribution in [0.5, 0.6) is 0 Å². The Morgan fingerprint density at radius 3 is 2.25 bits per heavy atom. The second-order valence-corrected chi connectivity index (χ2v) is 7.00. The van der Waals surface area contributed by atoms with Crippen LogP contribution < -0.4 is 10.6 Å². The molecule has 0 fully saturated rings. The maximum absolute atomic E-state index is 11.5. The summed E-state index contributed by atoms with van der Waals surface area (Å²) < 4.78 is 24.0. The zero-order chi connectivity index (χ0) is 15.9. The molecule has 9 heteroatoms. The van der Waals surface area contributed by atoms with Crippen molar-refractivity contribution in [1.82, 2.24) is 14.9 Å². The summed E-state index contributed by atoms with van der Waals surface area (Å²) in [6, 6.07) is -1.68. The highest BCUT2D eigenvalue weighted by molar-refractivity contribution is 7.89. The van der Waals surface area contributed by atoms with Crippen LogP contribution in [0, 0.1) is 5.92 Å². The van der Waals surface area contributed by atoms with E-state index in [1.807, 2.05) is 6.92 Å². The van der Waals surface area contributed by atoms with Crippen molar-refractivity contribution in [1.29, 1.82) is 0 Å². The van der Waals surface area contributed by atoms with Gasteiger partial charge in [0, 0.05) is 20.6 Å². The molecule has 8 nitrogen and oxygen atoms in total. The summed E-state index contributed by atoms with van der Waals surface area (Å²) >= 11 is 0. The van der Waals surface area contributed by atoms with E-state index in [1.54, 1.807) is 6.92 Å². The highest BCUT2D eigenvalue weighted by Crippen LogP contribution is 2.07. The number of rotatable bonds is 8. The number of nitrogens with one attached hydrogen (secondary N) is 2. The molecule has 0 aliphatic carbocycles. The Hall–Kier alpha value is -1.35. The van der Waals surface area contributed by atoms with Gasteiger partial charge in [-0.2, -0.15) is 0 Å². The minimum Gasteiger partial charge on any atom is -0.480 e. The fourth-order valence-electron chi connectivity index (χ4n) is 1.35. The number of nitrogens with zero attached hydrogens (tertiary/aromatic N) is 1. The number of carbonyl (C=O) groups excluding carboxylic acids is 1. The van der Waals surface area contributed by atoms with E-state index in [2.05, 4.69) is 10.6 Å². The van der Waals surface area contributed by atoms with Gasteiger partial charge in [-0.25, -0.2) is 22.3 Å². The molecule has 0 aromatic rings. The molecule has 0 aromatic heterocycles. The van der Waals surface area contributed by atoms with Crippen LogP contribution in [0.3, 0.4) is 0 Å². The van der Waals surface area contributed by atoms with Crippen LogP contribution in [0.2, 0.25) is 0 Å². The third-order valence-electron chi connectivity index (χ3n) is 2.97. The Balaban J connectivity index is 4.33. The number of aliphatic carboxylic acids is 1. The highest BCUT2D eigenvalue weighted by Gasteiger charge is 2.25. The lowest BCUT2D eigenvalue weighted by atomic mass is 9.99. The monoisotopic (exact) mass is 309 g/mol. The molecule has 0 radical (unpaired) electrons. The number of carboxylic acid groups (broad SMARTS) is 1. The van der Waals surface area contributed by atoms with Crippen molar-refractivity contribution in [2.24, 2.45) is 5.92 Å². The van der Waals surface area contributed by atoms with Crippen molar-refractivity contribution in [3.8, 4) is 0 Å². The minimum atomic E-state index is -3.39. The Kier molecular flexibility index (Phi) is 7.51. The summed E-state index contributed by atoms with van der Waals surface area (Å²) in [6.45, 7) is 3.46. The first-order valence-electron chi connectivity index (χ1n) is 6.29. The molecule has 2 atom stereocenters. The average molecular weight is 309 g/mol. The molecule has 0 aromatic carbocycles. The average Bonchev–Trinajstić information content (AvgIpc) is 2.34. The Labute approximate surface area is 119 Å². The first-order valence-corrected chi connectivity index (χ1v) is 7.90. The van der Waals surface area contributed by atoms with E-state index >= 15 is 0 Å². The number of carbonyl (C=O) groups is 2. The Morgan fingerprint density at radius 1 is 1.30 bits per heavy atom. The van der Waals surface area contributed by atoms with Gasteiger partial charge >= 0.3 is 12.0 Å². The number of carboxylic acids is 1. The molecule has 0 saturated heterocycles. The van der Waals surface area contributed by atoms with Crippen LogP contribution >= 0.6 is 0 Å². The van der Waals surface area contributed by atoms with Crippen LogP contribution in [0.15, 0.2) is 0 Å². The SMILES string of the molecule is CCC(C)[C@H](NC(=O)NCCS(=O)(=O)N(C)C)C(=O)O. The van der Waals surface area contributed by atoms with E-state index in [9.17, 15) is 18.0 Å². The molecule has 1 unspecified atom stereocenters. The van der Waals surface area contributed by atoms with E-state index in [4.69, 9.17) is 5.11 Å². The summed E-state index contributed by atoms with van der Waals surface area (Å²) in [6.07, 6.45) is 0.603. The first kappa shape index (κ1) is 18.7. The predicted molar refractivity (Wildman–Crippen MR) is 74.9 cm³/mol. The number of sulfonamides is 1. The fourth-order valence-corrected chi connectivity index (χ4v) is 2.08. The number of hydrogen-bond donors (Lipinski definition) is 3. The molecule has 0 spiro atoms. The standard InChI is InChI=1S/C11H23N3O5S/c1-5-8(2)9(10(15)16)13-11(17)12-6-7-20(18,19)14(3)4/h8-9H,5-7H2,1-4H3,(H,15,16)(H2,12,13,17)/t8?,9-/m0/s1. The van der Waals surface area contributed by atoms with Gasteiger partial charge in [-0.3, -0.25) is 0 Å². The zero-order valence-electron chi connectivity index (χ0n) is 12.2. The summed E-state index contributed by atoms with van der Waals surface area (Å²) in [7, 11) is -0.582. The molecule has 0 rings (SSSR count). The lowest BCUT2D eigenvalue weighted by Gasteiger charge is -2.20. The second kappa shape index (κ2) is 8.05. The lowest BCUT2D eigenvalue weighted by molar-refractivity contribution is -0.140. The van der Waals surface area contributed by atoms with Crippen molar-refractivity contribution in [2.45, 2.75) is 26.3 Å². The van der Waals surface area contributed by atoms with Gasteiger partial charge in [0.2, 0.25) is 10.0 Å². The van der Waals surface area contributed by atoms with Gasteiger partial charge in [0.1, 0.15) is 6.04 Å². The van der Waals surface area contributed by atoms with E-state index in [-0.39, 0.29) is 18.2 Å². The van der Waals surface area contributed by atoms with Crippen molar-refractivity contribution in [3.05, 3.63) is 0 Å². The van der Waals surface area contributed by atoms with E-state index in [0.717, 1.165) is 4.31 Å². The largest absolute Gasteiger partial charge is 0.480 e. The zero-order valence-corrected chi connectivity index (χ0v) is 13.0. The smallest absolute Gasteiger partial charge is 0.326 e. The van der Waals surface area contributed by atoms with Gasteiger partial charge in [-0.1, -0.05) is 20.3 Å². The number of urea groups is 1. The van der Waals surface area contributed by atoms with Crippen molar-refractivity contribution in [3.63, 3.8) is 0 Å². The molecule has 118 valence electrons. The first-order chi connectivity index (χ1) is 9.11. The van der Waals surface area contributed by atoms with E-state index < -0.39 is 28.1 Å². The maximum Gasteiger partial charge on any atom is 0.326 e. The minimum absolute atomic E-state index is 0.0841. The van der Waals surface area contributed by atoms with Gasteiger partial charge in [0.25, 0.3) is 0 Å². The number of hydrogen-bond acceptors (Lipinski definition) is 4. The topological polar surface area (TPSA) is 116 Å². The van der Waals surface area contributed by atoms with Crippen LogP contribution in [-0.4, -0.2) is 62.3 Å². The lowest BCUT2D eigenvalue weighted by Crippen LogP contribution is -2.50. The Morgan fingerprint density at radius 2 is 1.85 bits per heavy atom. The van der Waals surface area contributed by atoms with Gasteiger partial charge in [-0.15, -0.1) is 0 Å². The van der Waals surface area contributed by atoms with Gasteiger partial charge in [-0.05, 0) is 5.92 Å². The fraction of sp³-hybridized carbons (Fsp3) is 0.818. The molecule has 0 bridgehead atoms. The van der Waals surface area contributed by atoms with Gasteiger partial charge < -0.3 is 15.7 Å². The van der Waals surface area contributed by atoms with Crippen molar-refractivity contribution >= 4 is 22.0 Å². The molecular weight excluding hydrogens is 286 g/mol. The van der Waals surface area contributed by atoms with Gasteiger partial charge in [0.15, 0.2) is 0 Å². The van der Waals surface area contributed by atoms with Crippen molar-refractivity contribution < 1.29 is 23.1 Å². The van der Waals surface area contributed by atoms with Crippen molar-refractivity contribution in [2.75, 3.05) is 26.4 Å². The van der Waals surface area contributed by atoms with Crippen LogP contribution in [-0.2, 0) is 14.8 Å². The third-order valence-corrected chi connectivity index (χ3v) is 4.80. The van der Waals surface area contributed by atoms with E-state index in [0.29, 0.717) is 6.42 Å².